The lowest BCUT2D eigenvalue weighted by molar-refractivity contribution is 0.120. The van der Waals surface area contributed by atoms with Crippen LogP contribution in [0.4, 0.5) is 11.6 Å². The molecular formula is C16H16ClN5O2. The minimum atomic E-state index is 0.356. The van der Waals surface area contributed by atoms with Gasteiger partial charge in [-0.25, -0.2) is 14.6 Å². The van der Waals surface area contributed by atoms with E-state index in [2.05, 4.69) is 20.4 Å². The van der Waals surface area contributed by atoms with Gasteiger partial charge in [0.25, 0.3) is 0 Å². The van der Waals surface area contributed by atoms with E-state index in [1.165, 1.54) is 0 Å². The zero-order chi connectivity index (χ0) is 16.9. The van der Waals surface area contributed by atoms with Crippen LogP contribution in [0.5, 0.6) is 5.75 Å². The zero-order valence-corrected chi connectivity index (χ0v) is 14.0. The number of hydrogen-bond donors (Lipinski definition) is 1. The Labute approximate surface area is 144 Å². The van der Waals surface area contributed by atoms with Crippen molar-refractivity contribution < 1.29 is 9.47 Å². The van der Waals surface area contributed by atoms with Crippen molar-refractivity contribution in [3.8, 4) is 17.0 Å². The van der Waals surface area contributed by atoms with Crippen molar-refractivity contribution in [2.45, 2.75) is 6.73 Å². The second-order valence-corrected chi connectivity index (χ2v) is 5.31. The maximum Gasteiger partial charge on any atom is 0.227 e. The van der Waals surface area contributed by atoms with Crippen LogP contribution in [0, 0.1) is 0 Å². The maximum atomic E-state index is 6.23. The topological polar surface area (TPSA) is 74.1 Å². The monoisotopic (exact) mass is 345 g/mol. The Hall–Kier alpha value is -2.64. The van der Waals surface area contributed by atoms with E-state index in [1.54, 1.807) is 31.3 Å². The maximum absolute atomic E-state index is 6.23. The highest BCUT2D eigenvalue weighted by Crippen LogP contribution is 2.29. The molecule has 0 unspecified atom stereocenters. The van der Waals surface area contributed by atoms with Gasteiger partial charge >= 0.3 is 0 Å². The molecule has 0 aliphatic heterocycles. The number of nitrogens with one attached hydrogen (secondary N) is 1. The third-order valence-electron chi connectivity index (χ3n) is 3.27. The van der Waals surface area contributed by atoms with Crippen LogP contribution in [0.1, 0.15) is 0 Å². The van der Waals surface area contributed by atoms with Crippen molar-refractivity contribution in [2.24, 2.45) is 0 Å². The minimum Gasteiger partial charge on any atom is -0.495 e. The average molecular weight is 346 g/mol. The molecule has 0 spiro atoms. The molecule has 1 aromatic carbocycles. The molecule has 0 aliphatic rings. The van der Waals surface area contributed by atoms with Gasteiger partial charge in [-0.1, -0.05) is 23.7 Å². The van der Waals surface area contributed by atoms with Crippen LogP contribution in [0.25, 0.3) is 11.3 Å². The van der Waals surface area contributed by atoms with Gasteiger partial charge in [0.15, 0.2) is 0 Å². The SMILES string of the molecule is COCn1cc(-c2nc(Nc3ccccc3OC)ncc2Cl)cn1. The third-order valence-corrected chi connectivity index (χ3v) is 3.54. The highest BCUT2D eigenvalue weighted by atomic mass is 35.5. The quantitative estimate of drug-likeness (QED) is 0.738. The fourth-order valence-corrected chi connectivity index (χ4v) is 2.39. The first-order valence-electron chi connectivity index (χ1n) is 7.15. The molecule has 2 heterocycles. The lowest BCUT2D eigenvalue weighted by Gasteiger charge is -2.10. The normalized spacial score (nSPS) is 10.6. The number of benzene rings is 1. The second kappa shape index (κ2) is 7.29. The van der Waals surface area contributed by atoms with Crippen LogP contribution < -0.4 is 10.1 Å². The van der Waals surface area contributed by atoms with Crippen molar-refractivity contribution in [1.29, 1.82) is 0 Å². The van der Waals surface area contributed by atoms with E-state index < -0.39 is 0 Å². The van der Waals surface area contributed by atoms with E-state index in [0.29, 0.717) is 29.1 Å². The molecule has 3 rings (SSSR count). The largest absolute Gasteiger partial charge is 0.495 e. The number of nitrogens with zero attached hydrogens (tertiary/aromatic N) is 4. The summed E-state index contributed by atoms with van der Waals surface area (Å²) < 4.78 is 12.0. The Bertz CT molecular complexity index is 837. The minimum absolute atomic E-state index is 0.356. The summed E-state index contributed by atoms with van der Waals surface area (Å²) in [5.41, 5.74) is 2.14. The lowest BCUT2D eigenvalue weighted by Crippen LogP contribution is -2.00. The van der Waals surface area contributed by atoms with Crippen molar-refractivity contribution in [1.82, 2.24) is 19.7 Å². The number of aromatic nitrogens is 4. The van der Waals surface area contributed by atoms with E-state index in [-0.39, 0.29) is 0 Å². The molecule has 0 amide bonds. The molecule has 0 bridgehead atoms. The van der Waals surface area contributed by atoms with E-state index in [9.17, 15) is 0 Å². The molecule has 0 saturated carbocycles. The number of anilines is 2. The summed E-state index contributed by atoms with van der Waals surface area (Å²) in [6.07, 6.45) is 5.04. The molecule has 0 fully saturated rings. The first kappa shape index (κ1) is 16.2. The van der Waals surface area contributed by atoms with Gasteiger partial charge in [0.2, 0.25) is 5.95 Å². The van der Waals surface area contributed by atoms with Crippen LogP contribution in [0.3, 0.4) is 0 Å². The van der Waals surface area contributed by atoms with Crippen LogP contribution in [0.2, 0.25) is 5.02 Å². The first-order chi connectivity index (χ1) is 11.7. The summed E-state index contributed by atoms with van der Waals surface area (Å²) in [5.74, 6) is 1.11. The van der Waals surface area contributed by atoms with Crippen molar-refractivity contribution in [2.75, 3.05) is 19.5 Å². The van der Waals surface area contributed by atoms with Gasteiger partial charge in [0.1, 0.15) is 12.5 Å². The average Bonchev–Trinajstić information content (AvgIpc) is 3.06. The Balaban J connectivity index is 1.91. The Morgan fingerprint density at radius 2 is 2.04 bits per heavy atom. The highest BCUT2D eigenvalue weighted by Gasteiger charge is 2.12. The molecule has 1 N–H and O–H groups in total. The van der Waals surface area contributed by atoms with Crippen LogP contribution >= 0.6 is 11.6 Å². The molecule has 24 heavy (non-hydrogen) atoms. The summed E-state index contributed by atoms with van der Waals surface area (Å²) in [6, 6.07) is 7.53. The van der Waals surface area contributed by atoms with Crippen LogP contribution in [-0.2, 0) is 11.5 Å². The molecule has 2 aromatic heterocycles. The summed E-state index contributed by atoms with van der Waals surface area (Å²) in [5, 5.41) is 7.77. The fourth-order valence-electron chi connectivity index (χ4n) is 2.19. The predicted octanol–water partition coefficient (Wildman–Crippen LogP) is 3.35. The molecule has 0 atom stereocenters. The molecule has 7 nitrogen and oxygen atoms in total. The Morgan fingerprint density at radius 1 is 1.21 bits per heavy atom. The molecule has 8 heteroatoms. The third kappa shape index (κ3) is 3.47. The van der Waals surface area contributed by atoms with E-state index in [1.807, 2.05) is 30.5 Å². The van der Waals surface area contributed by atoms with Gasteiger partial charge in [0, 0.05) is 18.9 Å². The van der Waals surface area contributed by atoms with Crippen molar-refractivity contribution in [3.05, 3.63) is 47.9 Å². The highest BCUT2D eigenvalue weighted by molar-refractivity contribution is 6.32. The standard InChI is InChI=1S/C16H16ClN5O2/c1-23-10-22-9-11(7-19-22)15-12(17)8-18-16(21-15)20-13-5-3-4-6-14(13)24-2/h3-9H,10H2,1-2H3,(H,18,20,21). The van der Waals surface area contributed by atoms with Gasteiger partial charge in [-0.3, -0.25) is 0 Å². The molecular weight excluding hydrogens is 330 g/mol. The number of para-hydroxylation sites is 2. The fraction of sp³-hybridized carbons (Fsp3) is 0.188. The van der Waals surface area contributed by atoms with Gasteiger partial charge in [-0.15, -0.1) is 0 Å². The smallest absolute Gasteiger partial charge is 0.227 e. The molecule has 0 radical (unpaired) electrons. The number of ether oxygens (including phenoxy) is 2. The first-order valence-corrected chi connectivity index (χ1v) is 7.53. The number of methoxy groups -OCH3 is 2. The molecule has 124 valence electrons. The number of rotatable bonds is 6. The zero-order valence-electron chi connectivity index (χ0n) is 13.2. The molecule has 0 saturated heterocycles. The number of hydrogen-bond acceptors (Lipinski definition) is 6. The summed E-state index contributed by atoms with van der Waals surface area (Å²) in [4.78, 5) is 8.70. The second-order valence-electron chi connectivity index (χ2n) is 4.90. The van der Waals surface area contributed by atoms with Crippen molar-refractivity contribution >= 4 is 23.2 Å². The van der Waals surface area contributed by atoms with Gasteiger partial charge in [-0.05, 0) is 12.1 Å². The van der Waals surface area contributed by atoms with Gasteiger partial charge < -0.3 is 14.8 Å². The lowest BCUT2D eigenvalue weighted by atomic mass is 10.2. The van der Waals surface area contributed by atoms with Gasteiger partial charge in [-0.2, -0.15) is 5.10 Å². The summed E-state index contributed by atoms with van der Waals surface area (Å²) in [6.45, 7) is 0.356. The van der Waals surface area contributed by atoms with Crippen LogP contribution in [-0.4, -0.2) is 34.0 Å². The summed E-state index contributed by atoms with van der Waals surface area (Å²) >= 11 is 6.23. The predicted molar refractivity (Wildman–Crippen MR) is 91.5 cm³/mol. The summed E-state index contributed by atoms with van der Waals surface area (Å²) in [7, 11) is 3.22. The molecule has 0 aliphatic carbocycles. The van der Waals surface area contributed by atoms with E-state index >= 15 is 0 Å². The van der Waals surface area contributed by atoms with E-state index in [0.717, 1.165) is 11.3 Å². The van der Waals surface area contributed by atoms with Crippen LogP contribution in [0.15, 0.2) is 42.9 Å². The molecule has 3 aromatic rings. The number of halogens is 1. The van der Waals surface area contributed by atoms with Crippen molar-refractivity contribution in [3.63, 3.8) is 0 Å². The van der Waals surface area contributed by atoms with Gasteiger partial charge in [0.05, 0.1) is 35.9 Å². The van der Waals surface area contributed by atoms with E-state index in [4.69, 9.17) is 21.1 Å². The Morgan fingerprint density at radius 3 is 2.83 bits per heavy atom. The Kier molecular flexibility index (Phi) is 4.93.